The van der Waals surface area contributed by atoms with Crippen molar-refractivity contribution in [1.29, 1.82) is 0 Å². The van der Waals surface area contributed by atoms with E-state index in [0.717, 1.165) is 25.0 Å². The molecule has 28 heavy (non-hydrogen) atoms. The van der Waals surface area contributed by atoms with E-state index in [4.69, 9.17) is 15.2 Å². The molecule has 2 unspecified atom stereocenters. The van der Waals surface area contributed by atoms with Crippen LogP contribution in [0.25, 0.3) is 0 Å². The maximum atomic E-state index is 6.23. The summed E-state index contributed by atoms with van der Waals surface area (Å²) in [5, 5.41) is 0. The lowest BCUT2D eigenvalue weighted by Gasteiger charge is -2.26. The second-order valence-corrected chi connectivity index (χ2v) is 8.70. The molecule has 3 nitrogen and oxygen atoms in total. The third-order valence-electron chi connectivity index (χ3n) is 4.93. The van der Waals surface area contributed by atoms with Gasteiger partial charge in [-0.2, -0.15) is 0 Å². The molecule has 3 heteroatoms. The van der Waals surface area contributed by atoms with Gasteiger partial charge in [0.05, 0.1) is 6.61 Å². The average Bonchev–Trinajstić information content (AvgIpc) is 2.66. The highest BCUT2D eigenvalue weighted by Gasteiger charge is 2.20. The first-order valence-corrected chi connectivity index (χ1v) is 10.5. The number of rotatable bonds is 11. The molecular weight excluding hydrogens is 346 g/mol. The number of nitrogens with two attached hydrogens (primary N) is 1. The number of hydrogen-bond acceptors (Lipinski definition) is 3. The van der Waals surface area contributed by atoms with E-state index in [2.05, 4.69) is 83.1 Å². The minimum atomic E-state index is -0.250. The fourth-order valence-corrected chi connectivity index (χ4v) is 3.39. The fraction of sp³-hybridized carbons (Fsp3) is 0.520. The first-order chi connectivity index (χ1) is 13.3. The summed E-state index contributed by atoms with van der Waals surface area (Å²) in [6, 6.07) is 18.8. The summed E-state index contributed by atoms with van der Waals surface area (Å²) in [6.45, 7) is 11.3. The summed E-state index contributed by atoms with van der Waals surface area (Å²) >= 11 is 0. The SMILES string of the molecule is CCC(CC(C)(C)N)c1ccc(OC(OCCc2ccccc2)C(C)C)cc1. The van der Waals surface area contributed by atoms with Gasteiger partial charge in [0.25, 0.3) is 0 Å². The minimum absolute atomic E-state index is 0.162. The molecule has 0 radical (unpaired) electrons. The molecule has 0 aliphatic heterocycles. The largest absolute Gasteiger partial charge is 0.465 e. The van der Waals surface area contributed by atoms with Crippen LogP contribution in [0.1, 0.15) is 64.5 Å². The highest BCUT2D eigenvalue weighted by atomic mass is 16.7. The summed E-state index contributed by atoms with van der Waals surface area (Å²) < 4.78 is 12.2. The van der Waals surface area contributed by atoms with Crippen molar-refractivity contribution >= 4 is 0 Å². The molecule has 0 fully saturated rings. The highest BCUT2D eigenvalue weighted by molar-refractivity contribution is 5.30. The fourth-order valence-electron chi connectivity index (χ4n) is 3.39. The van der Waals surface area contributed by atoms with Crippen molar-refractivity contribution in [2.45, 2.75) is 71.6 Å². The molecule has 154 valence electrons. The molecule has 0 amide bonds. The van der Waals surface area contributed by atoms with Crippen LogP contribution in [-0.2, 0) is 11.2 Å². The van der Waals surface area contributed by atoms with Crippen molar-refractivity contribution in [3.8, 4) is 5.75 Å². The average molecular weight is 384 g/mol. The molecule has 0 heterocycles. The summed E-state index contributed by atoms with van der Waals surface area (Å²) in [6.07, 6.45) is 2.69. The van der Waals surface area contributed by atoms with Gasteiger partial charge in [0.1, 0.15) is 5.75 Å². The molecule has 2 aromatic carbocycles. The van der Waals surface area contributed by atoms with E-state index < -0.39 is 0 Å². The summed E-state index contributed by atoms with van der Waals surface area (Å²) in [4.78, 5) is 0. The Bertz CT molecular complexity index is 674. The number of benzene rings is 2. The molecule has 2 atom stereocenters. The van der Waals surface area contributed by atoms with E-state index in [-0.39, 0.29) is 17.7 Å². The highest BCUT2D eigenvalue weighted by Crippen LogP contribution is 2.29. The van der Waals surface area contributed by atoms with Gasteiger partial charge in [0.2, 0.25) is 6.29 Å². The monoisotopic (exact) mass is 383 g/mol. The quantitative estimate of drug-likeness (QED) is 0.489. The van der Waals surface area contributed by atoms with Gasteiger partial charge in [-0.05, 0) is 62.3 Å². The Morgan fingerprint density at radius 3 is 2.14 bits per heavy atom. The summed E-state index contributed by atoms with van der Waals surface area (Å²) in [5.74, 6) is 1.60. The van der Waals surface area contributed by atoms with Crippen LogP contribution in [0, 0.1) is 5.92 Å². The van der Waals surface area contributed by atoms with Crippen molar-refractivity contribution in [3.05, 3.63) is 65.7 Å². The summed E-state index contributed by atoms with van der Waals surface area (Å²) in [7, 11) is 0. The number of hydrogen-bond donors (Lipinski definition) is 1. The van der Waals surface area contributed by atoms with Gasteiger partial charge in [-0.25, -0.2) is 0 Å². The van der Waals surface area contributed by atoms with Crippen LogP contribution in [0.2, 0.25) is 0 Å². The van der Waals surface area contributed by atoms with E-state index in [0.29, 0.717) is 12.5 Å². The van der Waals surface area contributed by atoms with Crippen molar-refractivity contribution in [2.24, 2.45) is 11.7 Å². The Hall–Kier alpha value is -1.84. The minimum Gasteiger partial charge on any atom is -0.465 e. The van der Waals surface area contributed by atoms with E-state index in [9.17, 15) is 0 Å². The molecule has 0 aliphatic rings. The van der Waals surface area contributed by atoms with Crippen molar-refractivity contribution in [3.63, 3.8) is 0 Å². The van der Waals surface area contributed by atoms with Crippen LogP contribution >= 0.6 is 0 Å². The molecule has 0 bridgehead atoms. The van der Waals surface area contributed by atoms with Crippen LogP contribution in [0.5, 0.6) is 5.75 Å². The third-order valence-corrected chi connectivity index (χ3v) is 4.93. The zero-order valence-corrected chi connectivity index (χ0v) is 18.2. The number of ether oxygens (including phenoxy) is 2. The van der Waals surface area contributed by atoms with Gasteiger partial charge >= 0.3 is 0 Å². The zero-order chi connectivity index (χ0) is 20.6. The lowest BCUT2D eigenvalue weighted by atomic mass is 9.85. The van der Waals surface area contributed by atoms with Crippen LogP contribution < -0.4 is 10.5 Å². The Kier molecular flexibility index (Phi) is 8.53. The van der Waals surface area contributed by atoms with Crippen LogP contribution in [0.15, 0.2) is 54.6 Å². The molecule has 2 rings (SSSR count). The van der Waals surface area contributed by atoms with Gasteiger partial charge < -0.3 is 15.2 Å². The van der Waals surface area contributed by atoms with Crippen LogP contribution in [0.4, 0.5) is 0 Å². The molecule has 0 aromatic heterocycles. The van der Waals surface area contributed by atoms with Gasteiger partial charge in [-0.3, -0.25) is 0 Å². The van der Waals surface area contributed by atoms with Crippen molar-refractivity contribution in [1.82, 2.24) is 0 Å². The lowest BCUT2D eigenvalue weighted by molar-refractivity contribution is -0.106. The third kappa shape index (κ3) is 7.65. The first-order valence-electron chi connectivity index (χ1n) is 10.5. The van der Waals surface area contributed by atoms with Crippen LogP contribution in [-0.4, -0.2) is 18.4 Å². The van der Waals surface area contributed by atoms with Crippen molar-refractivity contribution < 1.29 is 9.47 Å². The lowest BCUT2D eigenvalue weighted by Crippen LogP contribution is -2.33. The smallest absolute Gasteiger partial charge is 0.202 e. The maximum absolute atomic E-state index is 6.23. The van der Waals surface area contributed by atoms with Gasteiger partial charge in [0, 0.05) is 11.5 Å². The maximum Gasteiger partial charge on any atom is 0.202 e. The van der Waals surface area contributed by atoms with E-state index in [1.807, 2.05) is 6.07 Å². The molecule has 0 saturated carbocycles. The first kappa shape index (κ1) is 22.4. The molecule has 0 saturated heterocycles. The Morgan fingerprint density at radius 2 is 1.61 bits per heavy atom. The van der Waals surface area contributed by atoms with Gasteiger partial charge in [0.15, 0.2) is 0 Å². The van der Waals surface area contributed by atoms with E-state index in [1.165, 1.54) is 11.1 Å². The molecule has 2 N–H and O–H groups in total. The van der Waals surface area contributed by atoms with Crippen molar-refractivity contribution in [2.75, 3.05) is 6.61 Å². The van der Waals surface area contributed by atoms with Crippen LogP contribution in [0.3, 0.4) is 0 Å². The van der Waals surface area contributed by atoms with E-state index in [1.54, 1.807) is 0 Å². The normalized spacial score (nSPS) is 14.1. The van der Waals surface area contributed by atoms with Gasteiger partial charge in [-0.15, -0.1) is 0 Å². The Morgan fingerprint density at radius 1 is 0.964 bits per heavy atom. The topological polar surface area (TPSA) is 44.5 Å². The molecule has 0 aliphatic carbocycles. The molecular formula is C25H37NO2. The summed E-state index contributed by atoms with van der Waals surface area (Å²) in [5.41, 5.74) is 8.66. The van der Waals surface area contributed by atoms with E-state index >= 15 is 0 Å². The second-order valence-electron chi connectivity index (χ2n) is 8.70. The Balaban J connectivity index is 1.93. The Labute approximate surface area is 171 Å². The molecule has 0 spiro atoms. The van der Waals surface area contributed by atoms with Gasteiger partial charge in [-0.1, -0.05) is 63.2 Å². The zero-order valence-electron chi connectivity index (χ0n) is 18.2. The molecule has 2 aromatic rings. The predicted molar refractivity (Wildman–Crippen MR) is 118 cm³/mol. The standard InChI is InChI=1S/C25H37NO2/c1-6-21(18-25(4,5)26)22-12-14-23(15-13-22)28-24(19(2)3)27-17-16-20-10-8-7-9-11-20/h7-15,19,21,24H,6,16-18,26H2,1-5H3. The second kappa shape index (κ2) is 10.6. The predicted octanol–water partition coefficient (Wildman–Crippen LogP) is 5.93.